The molecule has 0 saturated heterocycles. The first-order chi connectivity index (χ1) is 15.9. The smallest absolute Gasteiger partial charge is 0.263 e. The number of rotatable bonds is 6. The van der Waals surface area contributed by atoms with Crippen molar-refractivity contribution in [3.8, 4) is 0 Å². The topological polar surface area (TPSA) is 103 Å². The van der Waals surface area contributed by atoms with Crippen LogP contribution in [0.5, 0.6) is 0 Å². The Kier molecular flexibility index (Phi) is 5.36. The van der Waals surface area contributed by atoms with Crippen LogP contribution < -0.4 is 10.3 Å². The number of ether oxygens (including phenoxy) is 1. The zero-order valence-electron chi connectivity index (χ0n) is 18.4. The van der Waals surface area contributed by atoms with E-state index in [4.69, 9.17) is 4.74 Å². The number of methoxy groups -OCH3 is 1. The number of nitrogens with one attached hydrogen (secondary N) is 1. The molecule has 2 aromatic heterocycles. The highest BCUT2D eigenvalue weighted by molar-refractivity contribution is 7.92. The largest absolute Gasteiger partial charge is 0.495 e. The Labute approximate surface area is 191 Å². The van der Waals surface area contributed by atoms with E-state index in [0.717, 1.165) is 5.70 Å². The van der Waals surface area contributed by atoms with Crippen LogP contribution in [0, 0.1) is 11.8 Å². The number of sulfonamides is 1. The van der Waals surface area contributed by atoms with Gasteiger partial charge in [-0.3, -0.25) is 14.1 Å². The second-order valence-electron chi connectivity index (χ2n) is 8.61. The number of nitrogens with zero attached hydrogens (tertiary/aromatic N) is 2. The molecule has 33 heavy (non-hydrogen) atoms. The fraction of sp³-hybridized carbons (Fsp3) is 0.333. The molecule has 0 radical (unpaired) electrons. The van der Waals surface area contributed by atoms with Crippen LogP contribution in [0.3, 0.4) is 0 Å². The Bertz CT molecular complexity index is 1430. The van der Waals surface area contributed by atoms with Crippen LogP contribution >= 0.6 is 0 Å². The van der Waals surface area contributed by atoms with Gasteiger partial charge in [-0.05, 0) is 61.4 Å². The Hall–Kier alpha value is -3.33. The average Bonchev–Trinajstić information content (AvgIpc) is 3.25. The number of hydrogen-bond donors (Lipinski definition) is 1. The first kappa shape index (κ1) is 21.5. The van der Waals surface area contributed by atoms with Gasteiger partial charge in [0.05, 0.1) is 23.2 Å². The number of hydrogen-bond acceptors (Lipinski definition) is 6. The minimum atomic E-state index is -3.87. The van der Waals surface area contributed by atoms with Gasteiger partial charge < -0.3 is 9.26 Å². The summed E-state index contributed by atoms with van der Waals surface area (Å²) < 4.78 is 40.0. The molecule has 0 spiro atoms. The number of pyridine rings is 1. The second kappa shape index (κ2) is 8.22. The lowest BCUT2D eigenvalue weighted by Crippen LogP contribution is -2.26. The van der Waals surface area contributed by atoms with Crippen LogP contribution in [0.1, 0.15) is 32.6 Å². The first-order valence-corrected chi connectivity index (χ1v) is 12.4. The summed E-state index contributed by atoms with van der Waals surface area (Å²) in [6, 6.07) is 9.20. The predicted molar refractivity (Wildman–Crippen MR) is 125 cm³/mol. The van der Waals surface area contributed by atoms with Gasteiger partial charge in [-0.15, -0.1) is 0 Å². The molecule has 5 rings (SSSR count). The summed E-state index contributed by atoms with van der Waals surface area (Å²) in [4.78, 5) is 13.0. The predicted octanol–water partition coefficient (Wildman–Crippen LogP) is 4.37. The quantitative estimate of drug-likeness (QED) is 0.577. The van der Waals surface area contributed by atoms with Crippen molar-refractivity contribution in [2.45, 2.75) is 37.5 Å². The van der Waals surface area contributed by atoms with Crippen molar-refractivity contribution >= 4 is 32.4 Å². The van der Waals surface area contributed by atoms with E-state index in [1.54, 1.807) is 29.9 Å². The molecule has 1 saturated carbocycles. The van der Waals surface area contributed by atoms with Crippen LogP contribution in [0.4, 0.5) is 5.82 Å². The molecule has 0 bridgehead atoms. The third-order valence-corrected chi connectivity index (χ3v) is 7.92. The summed E-state index contributed by atoms with van der Waals surface area (Å²) in [6.45, 7) is 2.19. The molecular weight excluding hydrogens is 442 g/mol. The summed E-state index contributed by atoms with van der Waals surface area (Å²) in [5.41, 5.74) is 2.62. The van der Waals surface area contributed by atoms with Crippen molar-refractivity contribution in [1.29, 1.82) is 0 Å². The number of aromatic nitrogens is 2. The maximum Gasteiger partial charge on any atom is 0.263 e. The highest BCUT2D eigenvalue weighted by Gasteiger charge is 2.31. The first-order valence-electron chi connectivity index (χ1n) is 11.0. The van der Waals surface area contributed by atoms with Crippen LogP contribution in [0.2, 0.25) is 0 Å². The summed E-state index contributed by atoms with van der Waals surface area (Å²) in [5, 5.41) is 4.22. The zero-order valence-corrected chi connectivity index (χ0v) is 19.3. The van der Waals surface area contributed by atoms with E-state index in [0.29, 0.717) is 34.9 Å². The maximum atomic E-state index is 13.0. The molecule has 2 heterocycles. The third-order valence-electron chi connectivity index (χ3n) is 6.57. The van der Waals surface area contributed by atoms with Crippen molar-refractivity contribution < 1.29 is 17.7 Å². The molecule has 172 valence electrons. The summed E-state index contributed by atoms with van der Waals surface area (Å²) in [7, 11) is -2.24. The highest BCUT2D eigenvalue weighted by Crippen LogP contribution is 2.43. The van der Waals surface area contributed by atoms with Crippen LogP contribution in [0.25, 0.3) is 16.6 Å². The molecule has 1 unspecified atom stereocenters. The van der Waals surface area contributed by atoms with E-state index < -0.39 is 10.0 Å². The zero-order chi connectivity index (χ0) is 23.2. The standard InChI is InChI=1S/C24H25N3O5S/c1-15-12-21(22(31-2)14-19(15)16-4-3-5-16)27-20-8-7-18(13-17(20)6-9-24(27)28)33(29,30)26-23-10-11-32-25-23/h6-11,13-16H,3-5,12H2,1-2H3,(H,25,26). The number of anilines is 1. The Morgan fingerprint density at radius 1 is 1.18 bits per heavy atom. The van der Waals surface area contributed by atoms with Crippen LogP contribution in [-0.4, -0.2) is 25.3 Å². The summed E-state index contributed by atoms with van der Waals surface area (Å²) in [6.07, 6.45) is 7.73. The van der Waals surface area contributed by atoms with E-state index >= 15 is 0 Å². The molecule has 9 heteroatoms. The third kappa shape index (κ3) is 3.86. The number of benzene rings is 1. The lowest BCUT2D eigenvalue weighted by molar-refractivity contribution is 0.290. The minimum absolute atomic E-state index is 0.0633. The van der Waals surface area contributed by atoms with Gasteiger partial charge in [0.1, 0.15) is 12.0 Å². The monoisotopic (exact) mass is 467 g/mol. The maximum absolute atomic E-state index is 13.0. The Balaban J connectivity index is 1.60. The number of fused-ring (bicyclic) bond motifs is 1. The molecule has 1 fully saturated rings. The molecule has 2 aliphatic carbocycles. The molecule has 0 aliphatic heterocycles. The van der Waals surface area contributed by atoms with Crippen molar-refractivity contribution in [3.05, 3.63) is 70.4 Å². The van der Waals surface area contributed by atoms with Crippen LogP contribution in [-0.2, 0) is 14.8 Å². The van der Waals surface area contributed by atoms with Gasteiger partial charge in [0, 0.05) is 17.5 Å². The van der Waals surface area contributed by atoms with E-state index in [1.807, 2.05) is 0 Å². The Morgan fingerprint density at radius 3 is 2.67 bits per heavy atom. The van der Waals surface area contributed by atoms with Crippen molar-refractivity contribution in [3.63, 3.8) is 0 Å². The minimum Gasteiger partial charge on any atom is -0.495 e. The van der Waals surface area contributed by atoms with Gasteiger partial charge in [0.2, 0.25) is 0 Å². The molecule has 3 aromatic rings. The summed E-state index contributed by atoms with van der Waals surface area (Å²) in [5.74, 6) is 1.69. The highest BCUT2D eigenvalue weighted by atomic mass is 32.2. The number of allylic oxidation sites excluding steroid dienone is 3. The van der Waals surface area contributed by atoms with E-state index in [2.05, 4.69) is 27.4 Å². The fourth-order valence-corrected chi connectivity index (χ4v) is 5.68. The lowest BCUT2D eigenvalue weighted by Gasteiger charge is -2.35. The van der Waals surface area contributed by atoms with Crippen molar-refractivity contribution in [2.75, 3.05) is 11.8 Å². The summed E-state index contributed by atoms with van der Waals surface area (Å²) >= 11 is 0. The SMILES string of the molecule is COC1=C(n2c(=O)ccc3cc(S(=O)(=O)Nc4ccon4)ccc32)CC(C)C(C2CCC2)=C1. The average molecular weight is 468 g/mol. The fourth-order valence-electron chi connectivity index (χ4n) is 4.66. The van der Waals surface area contributed by atoms with Gasteiger partial charge >= 0.3 is 0 Å². The van der Waals surface area contributed by atoms with Crippen molar-refractivity contribution in [1.82, 2.24) is 9.72 Å². The van der Waals surface area contributed by atoms with E-state index in [9.17, 15) is 13.2 Å². The van der Waals surface area contributed by atoms with Crippen LogP contribution in [0.15, 0.2) is 74.3 Å². The Morgan fingerprint density at radius 2 is 2.00 bits per heavy atom. The van der Waals surface area contributed by atoms with Gasteiger partial charge in [0.25, 0.3) is 15.6 Å². The molecule has 1 atom stereocenters. The second-order valence-corrected chi connectivity index (χ2v) is 10.3. The van der Waals surface area contributed by atoms with Gasteiger partial charge in [-0.2, -0.15) is 0 Å². The molecule has 2 aliphatic rings. The molecule has 1 N–H and O–H groups in total. The van der Waals surface area contributed by atoms with Gasteiger partial charge in [-0.25, -0.2) is 8.42 Å². The molecule has 0 amide bonds. The normalized spacial score (nSPS) is 19.3. The molecule has 8 nitrogen and oxygen atoms in total. The lowest BCUT2D eigenvalue weighted by atomic mass is 9.72. The van der Waals surface area contributed by atoms with E-state index in [-0.39, 0.29) is 16.3 Å². The van der Waals surface area contributed by atoms with Gasteiger partial charge in [0.15, 0.2) is 5.82 Å². The van der Waals surface area contributed by atoms with E-state index in [1.165, 1.54) is 49.3 Å². The molecular formula is C24H25N3O5S. The molecule has 1 aromatic carbocycles. The van der Waals surface area contributed by atoms with Gasteiger partial charge in [-0.1, -0.05) is 24.1 Å². The van der Waals surface area contributed by atoms with Crippen molar-refractivity contribution in [2.24, 2.45) is 11.8 Å².